The van der Waals surface area contributed by atoms with E-state index in [1.54, 1.807) is 30.3 Å². The van der Waals surface area contributed by atoms with Gasteiger partial charge < -0.3 is 5.11 Å². The SMILES string of the molecule is CC(C(=O)O)c1cc(F)c(CN2CCC[C@H](c3ccccc3)S2(=O)=O)cc1F. The molecule has 5 nitrogen and oxygen atoms in total. The summed E-state index contributed by atoms with van der Waals surface area (Å²) in [5.74, 6) is -4.15. The van der Waals surface area contributed by atoms with E-state index in [2.05, 4.69) is 0 Å². The molecule has 0 saturated carbocycles. The number of halogens is 2. The molecule has 2 aromatic rings. The summed E-state index contributed by atoms with van der Waals surface area (Å²) in [5.41, 5.74) is 0.290. The van der Waals surface area contributed by atoms with Crippen molar-refractivity contribution in [3.8, 4) is 0 Å². The second-order valence-corrected chi connectivity index (χ2v) is 9.06. The Balaban J connectivity index is 1.89. The first kappa shape index (κ1) is 20.4. The highest BCUT2D eigenvalue weighted by atomic mass is 32.2. The van der Waals surface area contributed by atoms with Gasteiger partial charge in [0.05, 0.1) is 5.92 Å². The lowest BCUT2D eigenvalue weighted by Gasteiger charge is -2.32. The number of sulfonamides is 1. The van der Waals surface area contributed by atoms with Gasteiger partial charge in [0, 0.05) is 24.2 Å². The van der Waals surface area contributed by atoms with E-state index in [1.165, 1.54) is 11.2 Å². The summed E-state index contributed by atoms with van der Waals surface area (Å²) in [5, 5.41) is 8.29. The predicted molar refractivity (Wildman–Crippen MR) is 100 cm³/mol. The van der Waals surface area contributed by atoms with Gasteiger partial charge in [0.1, 0.15) is 16.9 Å². The Morgan fingerprint density at radius 1 is 1.21 bits per heavy atom. The maximum Gasteiger partial charge on any atom is 0.310 e. The Morgan fingerprint density at radius 2 is 1.89 bits per heavy atom. The van der Waals surface area contributed by atoms with E-state index < -0.39 is 38.8 Å². The molecule has 0 bridgehead atoms. The van der Waals surface area contributed by atoms with Gasteiger partial charge in [0.25, 0.3) is 0 Å². The first-order valence-corrected chi connectivity index (χ1v) is 10.5. The minimum atomic E-state index is -3.73. The van der Waals surface area contributed by atoms with Crippen molar-refractivity contribution in [2.24, 2.45) is 0 Å². The van der Waals surface area contributed by atoms with Crippen molar-refractivity contribution >= 4 is 16.0 Å². The predicted octanol–water partition coefficient (Wildman–Crippen LogP) is 3.82. The summed E-state index contributed by atoms with van der Waals surface area (Å²) in [4.78, 5) is 11.0. The molecule has 0 aromatic heterocycles. The topological polar surface area (TPSA) is 74.7 Å². The molecule has 2 aromatic carbocycles. The van der Waals surface area contributed by atoms with E-state index in [-0.39, 0.29) is 24.2 Å². The van der Waals surface area contributed by atoms with E-state index in [0.29, 0.717) is 18.4 Å². The van der Waals surface area contributed by atoms with Gasteiger partial charge >= 0.3 is 5.97 Å². The van der Waals surface area contributed by atoms with Crippen LogP contribution >= 0.6 is 0 Å². The Labute approximate surface area is 162 Å². The van der Waals surface area contributed by atoms with Gasteiger partial charge in [-0.1, -0.05) is 30.3 Å². The maximum atomic E-state index is 14.5. The zero-order valence-corrected chi connectivity index (χ0v) is 16.1. The lowest BCUT2D eigenvalue weighted by Crippen LogP contribution is -2.39. The van der Waals surface area contributed by atoms with Gasteiger partial charge in [-0.3, -0.25) is 4.79 Å². The summed E-state index contributed by atoms with van der Waals surface area (Å²) in [6.45, 7) is 1.19. The van der Waals surface area contributed by atoms with Gasteiger partial charge in [-0.25, -0.2) is 17.2 Å². The third kappa shape index (κ3) is 3.93. The number of carboxylic acids is 1. The van der Waals surface area contributed by atoms with Gasteiger partial charge in [-0.15, -0.1) is 0 Å². The van der Waals surface area contributed by atoms with Crippen molar-refractivity contribution in [2.45, 2.75) is 37.5 Å². The van der Waals surface area contributed by atoms with Crippen LogP contribution in [0.25, 0.3) is 0 Å². The molecular formula is C20H21F2NO4S. The summed E-state index contributed by atoms with van der Waals surface area (Å²) >= 11 is 0. The summed E-state index contributed by atoms with van der Waals surface area (Å²) in [6, 6.07) is 10.6. The third-order valence-electron chi connectivity index (χ3n) is 5.11. The normalized spacial score (nSPS) is 20.6. The minimum absolute atomic E-state index is 0.115. The largest absolute Gasteiger partial charge is 0.481 e. The molecule has 0 spiro atoms. The molecule has 1 aliphatic heterocycles. The highest BCUT2D eigenvalue weighted by molar-refractivity contribution is 7.89. The molecule has 8 heteroatoms. The summed E-state index contributed by atoms with van der Waals surface area (Å²) in [7, 11) is -3.73. The molecule has 3 rings (SSSR count). The fraction of sp³-hybridized carbons (Fsp3) is 0.350. The highest BCUT2D eigenvalue weighted by Gasteiger charge is 2.37. The second-order valence-electron chi connectivity index (χ2n) is 6.95. The molecule has 1 unspecified atom stereocenters. The fourth-order valence-electron chi connectivity index (χ4n) is 3.46. The number of nitrogens with zero attached hydrogens (tertiary/aromatic N) is 1. The minimum Gasteiger partial charge on any atom is -0.481 e. The van der Waals surface area contributed by atoms with Crippen molar-refractivity contribution in [2.75, 3.05) is 6.54 Å². The van der Waals surface area contributed by atoms with Crippen LogP contribution < -0.4 is 0 Å². The molecule has 1 saturated heterocycles. The Bertz CT molecular complexity index is 979. The number of carboxylic acid groups (broad SMARTS) is 1. The third-order valence-corrected chi connectivity index (χ3v) is 7.37. The number of benzene rings is 2. The van der Waals surface area contributed by atoms with Crippen molar-refractivity contribution in [1.29, 1.82) is 0 Å². The zero-order chi connectivity index (χ0) is 20.5. The van der Waals surface area contributed by atoms with E-state index in [1.807, 2.05) is 0 Å². The molecular weight excluding hydrogens is 388 g/mol. The van der Waals surface area contributed by atoms with Crippen LogP contribution in [0.3, 0.4) is 0 Å². The standard InChI is InChI=1S/C20H21F2NO4S/c1-13(20(24)25)16-11-17(21)15(10-18(16)22)12-23-9-5-8-19(28(23,26)27)14-6-3-2-4-7-14/h2-4,6-7,10-11,13,19H,5,8-9,12H2,1H3,(H,24,25)/t13?,19-/m1/s1. The zero-order valence-electron chi connectivity index (χ0n) is 15.3. The molecule has 28 heavy (non-hydrogen) atoms. The van der Waals surface area contributed by atoms with Crippen LogP contribution in [-0.2, 0) is 21.4 Å². The maximum absolute atomic E-state index is 14.5. The van der Waals surface area contributed by atoms with E-state index in [4.69, 9.17) is 5.11 Å². The summed E-state index contributed by atoms with van der Waals surface area (Å²) in [6.07, 6.45) is 1.08. The van der Waals surface area contributed by atoms with Crippen molar-refractivity contribution in [3.63, 3.8) is 0 Å². The van der Waals surface area contributed by atoms with Crippen LogP contribution in [0.4, 0.5) is 8.78 Å². The molecule has 1 aliphatic rings. The number of hydrogen-bond donors (Lipinski definition) is 1. The molecule has 1 N–H and O–H groups in total. The van der Waals surface area contributed by atoms with Crippen LogP contribution in [0.1, 0.15) is 47.6 Å². The molecule has 2 atom stereocenters. The Kier molecular flexibility index (Phi) is 5.81. The van der Waals surface area contributed by atoms with Crippen molar-refractivity contribution < 1.29 is 27.1 Å². The lowest BCUT2D eigenvalue weighted by molar-refractivity contribution is -0.138. The molecule has 150 valence electrons. The van der Waals surface area contributed by atoms with E-state index >= 15 is 0 Å². The van der Waals surface area contributed by atoms with Gasteiger partial charge in [-0.2, -0.15) is 4.31 Å². The quantitative estimate of drug-likeness (QED) is 0.815. The number of carbonyl (C=O) groups is 1. The molecule has 1 heterocycles. The molecule has 0 radical (unpaired) electrons. The van der Waals surface area contributed by atoms with Crippen LogP contribution in [0.5, 0.6) is 0 Å². The van der Waals surface area contributed by atoms with Crippen LogP contribution in [-0.4, -0.2) is 30.3 Å². The number of aliphatic carboxylic acids is 1. The molecule has 1 fully saturated rings. The molecule has 0 aliphatic carbocycles. The average Bonchev–Trinajstić information content (AvgIpc) is 2.65. The average molecular weight is 409 g/mol. The smallest absolute Gasteiger partial charge is 0.310 e. The van der Waals surface area contributed by atoms with E-state index in [9.17, 15) is 22.0 Å². The highest BCUT2D eigenvalue weighted by Crippen LogP contribution is 2.35. The van der Waals surface area contributed by atoms with Gasteiger partial charge in [0.2, 0.25) is 10.0 Å². The fourth-order valence-corrected chi connectivity index (χ4v) is 5.49. The van der Waals surface area contributed by atoms with E-state index in [0.717, 1.165) is 12.1 Å². The summed E-state index contributed by atoms with van der Waals surface area (Å²) < 4.78 is 56.0. The van der Waals surface area contributed by atoms with Crippen LogP contribution in [0, 0.1) is 11.6 Å². The number of rotatable bonds is 5. The second kappa shape index (κ2) is 7.97. The van der Waals surface area contributed by atoms with Crippen molar-refractivity contribution in [1.82, 2.24) is 4.31 Å². The van der Waals surface area contributed by atoms with Crippen LogP contribution in [0.15, 0.2) is 42.5 Å². The number of hydrogen-bond acceptors (Lipinski definition) is 3. The van der Waals surface area contributed by atoms with Crippen LogP contribution in [0.2, 0.25) is 0 Å². The Hall–Kier alpha value is -2.32. The Morgan fingerprint density at radius 3 is 2.54 bits per heavy atom. The van der Waals surface area contributed by atoms with Gasteiger partial charge in [0.15, 0.2) is 0 Å². The molecule has 0 amide bonds. The van der Waals surface area contributed by atoms with Crippen molar-refractivity contribution in [3.05, 3.63) is 70.8 Å². The first-order valence-electron chi connectivity index (χ1n) is 8.96. The lowest BCUT2D eigenvalue weighted by atomic mass is 9.98. The van der Waals surface area contributed by atoms with Gasteiger partial charge in [-0.05, 0) is 37.5 Å². The first-order chi connectivity index (χ1) is 13.2. The monoisotopic (exact) mass is 409 g/mol.